The summed E-state index contributed by atoms with van der Waals surface area (Å²) in [5.41, 5.74) is 2.08. The average Bonchev–Trinajstić information content (AvgIpc) is 3.63. The smallest absolute Gasteiger partial charge is 0.247 e. The highest BCUT2D eigenvalue weighted by Crippen LogP contribution is 2.29. The van der Waals surface area contributed by atoms with E-state index in [-0.39, 0.29) is 31.3 Å². The van der Waals surface area contributed by atoms with Gasteiger partial charge in [-0.2, -0.15) is 0 Å². The molecule has 3 aromatic carbocycles. The molecule has 0 spiro atoms. The number of fused-ring (bicyclic) bond motifs is 1. The summed E-state index contributed by atoms with van der Waals surface area (Å²) < 4.78 is 27.9. The Bertz CT molecular complexity index is 1450. The molecule has 1 saturated heterocycles. The molecule has 202 valence electrons. The predicted octanol–water partition coefficient (Wildman–Crippen LogP) is 3.64. The molecule has 0 saturated carbocycles. The molecular weight excluding hydrogens is 501 g/mol. The van der Waals surface area contributed by atoms with E-state index in [4.69, 9.17) is 9.47 Å². The first-order chi connectivity index (χ1) is 19.0. The summed E-state index contributed by atoms with van der Waals surface area (Å²) in [6.45, 7) is 0.719. The molecule has 4 aromatic rings. The molecule has 1 aliphatic rings. The summed E-state index contributed by atoms with van der Waals surface area (Å²) in [6, 6.07) is 19.3. The summed E-state index contributed by atoms with van der Waals surface area (Å²) in [4.78, 5) is 29.2. The second kappa shape index (κ2) is 12.0. The van der Waals surface area contributed by atoms with Crippen LogP contribution in [0.4, 0.5) is 4.39 Å². The first-order valence-electron chi connectivity index (χ1n) is 12.9. The van der Waals surface area contributed by atoms with E-state index in [1.807, 2.05) is 36.4 Å². The number of hydrogen-bond acceptors (Lipinski definition) is 6. The predicted molar refractivity (Wildman–Crippen MR) is 142 cm³/mol. The number of para-hydroxylation sites is 2. The monoisotopic (exact) mass is 531 g/mol. The number of carbonyl (C=O) groups is 2. The Morgan fingerprint density at radius 3 is 2.69 bits per heavy atom. The van der Waals surface area contributed by atoms with E-state index in [0.29, 0.717) is 29.0 Å². The van der Waals surface area contributed by atoms with Crippen LogP contribution in [0, 0.1) is 5.82 Å². The van der Waals surface area contributed by atoms with Gasteiger partial charge in [-0.15, -0.1) is 5.10 Å². The Labute approximate surface area is 225 Å². The second-order valence-corrected chi connectivity index (χ2v) is 9.37. The van der Waals surface area contributed by atoms with Crippen LogP contribution in [0.3, 0.4) is 0 Å². The Hall–Kier alpha value is -4.31. The van der Waals surface area contributed by atoms with Gasteiger partial charge in [-0.3, -0.25) is 9.59 Å². The summed E-state index contributed by atoms with van der Waals surface area (Å²) in [6.07, 6.45) is 1.63. The zero-order valence-electron chi connectivity index (χ0n) is 21.6. The number of methoxy groups -OCH3 is 1. The van der Waals surface area contributed by atoms with Crippen molar-refractivity contribution in [3.05, 3.63) is 89.7 Å². The van der Waals surface area contributed by atoms with E-state index in [1.54, 1.807) is 24.3 Å². The zero-order valence-corrected chi connectivity index (χ0v) is 21.6. The van der Waals surface area contributed by atoms with E-state index < -0.39 is 23.7 Å². The SMILES string of the molecule is COc1ccccc1CN(C(=O)Cn1nnc2ccccc21)C(C(=O)NCC1CCCO1)c1ccccc1F. The molecule has 1 N–H and O–H groups in total. The van der Waals surface area contributed by atoms with Crippen molar-refractivity contribution < 1.29 is 23.5 Å². The number of rotatable bonds is 10. The number of halogens is 1. The summed E-state index contributed by atoms with van der Waals surface area (Å²) in [5.74, 6) is -0.966. The first kappa shape index (κ1) is 26.3. The standard InChI is InChI=1S/C29H30FN5O4/c1-38-26-15-7-2-9-20(26)18-34(27(36)19-35-25-14-6-5-13-24(25)32-33-35)28(22-11-3-4-12-23(22)30)29(37)31-17-21-10-8-16-39-21/h2-7,9,11-15,21,28H,8,10,16-19H2,1H3,(H,31,37). The topological polar surface area (TPSA) is 98.6 Å². The number of nitrogens with zero attached hydrogens (tertiary/aromatic N) is 4. The lowest BCUT2D eigenvalue weighted by molar-refractivity contribution is -0.142. The Morgan fingerprint density at radius 2 is 1.90 bits per heavy atom. The minimum atomic E-state index is -1.25. The molecule has 9 nitrogen and oxygen atoms in total. The van der Waals surface area contributed by atoms with Crippen molar-refractivity contribution in [2.45, 2.75) is 38.1 Å². The second-order valence-electron chi connectivity index (χ2n) is 9.37. The van der Waals surface area contributed by atoms with Gasteiger partial charge in [-0.25, -0.2) is 9.07 Å². The van der Waals surface area contributed by atoms with Crippen LogP contribution >= 0.6 is 0 Å². The fourth-order valence-corrected chi connectivity index (χ4v) is 4.86. The van der Waals surface area contributed by atoms with Crippen LogP contribution in [-0.4, -0.2) is 58.1 Å². The van der Waals surface area contributed by atoms with Crippen LogP contribution < -0.4 is 10.1 Å². The molecule has 5 rings (SSSR count). The van der Waals surface area contributed by atoms with Gasteiger partial charge in [0.05, 0.1) is 25.3 Å². The molecule has 2 atom stereocenters. The quantitative estimate of drug-likeness (QED) is 0.336. The van der Waals surface area contributed by atoms with Gasteiger partial charge in [-0.1, -0.05) is 53.7 Å². The van der Waals surface area contributed by atoms with E-state index in [0.717, 1.165) is 12.8 Å². The maximum absolute atomic E-state index is 15.2. The lowest BCUT2D eigenvalue weighted by atomic mass is 10.0. The van der Waals surface area contributed by atoms with Crippen LogP contribution in [0.15, 0.2) is 72.8 Å². The Balaban J connectivity index is 1.53. The molecular formula is C29H30FN5O4. The first-order valence-corrected chi connectivity index (χ1v) is 12.9. The van der Waals surface area contributed by atoms with Gasteiger partial charge in [0.2, 0.25) is 11.8 Å². The molecule has 0 aliphatic carbocycles. The normalized spacial score (nSPS) is 15.7. The minimum Gasteiger partial charge on any atom is -0.496 e. The van der Waals surface area contributed by atoms with Crippen LogP contribution in [0.2, 0.25) is 0 Å². The van der Waals surface area contributed by atoms with Crippen LogP contribution in [0.25, 0.3) is 11.0 Å². The van der Waals surface area contributed by atoms with E-state index >= 15 is 4.39 Å². The molecule has 0 bridgehead atoms. The number of aromatic nitrogens is 3. The van der Waals surface area contributed by atoms with Crippen molar-refractivity contribution in [3.63, 3.8) is 0 Å². The molecule has 39 heavy (non-hydrogen) atoms. The molecule has 2 unspecified atom stereocenters. The van der Waals surface area contributed by atoms with Gasteiger partial charge in [0.15, 0.2) is 0 Å². The number of benzene rings is 3. The van der Waals surface area contributed by atoms with E-state index in [2.05, 4.69) is 15.6 Å². The maximum atomic E-state index is 15.2. The molecule has 0 radical (unpaired) electrons. The highest BCUT2D eigenvalue weighted by Gasteiger charge is 2.35. The van der Waals surface area contributed by atoms with Crippen molar-refractivity contribution in [3.8, 4) is 5.75 Å². The summed E-state index contributed by atoms with van der Waals surface area (Å²) >= 11 is 0. The minimum absolute atomic E-state index is 0.00181. The summed E-state index contributed by atoms with van der Waals surface area (Å²) in [7, 11) is 1.54. The Kier molecular flexibility index (Phi) is 8.12. The highest BCUT2D eigenvalue weighted by molar-refractivity contribution is 5.89. The molecule has 1 fully saturated rings. The lowest BCUT2D eigenvalue weighted by Crippen LogP contribution is -2.46. The van der Waals surface area contributed by atoms with Gasteiger partial charge in [0.25, 0.3) is 0 Å². The third-order valence-electron chi connectivity index (χ3n) is 6.85. The lowest BCUT2D eigenvalue weighted by Gasteiger charge is -2.32. The van der Waals surface area contributed by atoms with Crippen LogP contribution in [0.1, 0.15) is 30.0 Å². The third-order valence-corrected chi connectivity index (χ3v) is 6.85. The number of nitrogens with one attached hydrogen (secondary N) is 1. The molecule has 1 aliphatic heterocycles. The van der Waals surface area contributed by atoms with Gasteiger partial charge >= 0.3 is 0 Å². The highest BCUT2D eigenvalue weighted by atomic mass is 19.1. The van der Waals surface area contributed by atoms with Gasteiger partial charge < -0.3 is 19.7 Å². The average molecular weight is 532 g/mol. The fraction of sp³-hybridized carbons (Fsp3) is 0.310. The van der Waals surface area contributed by atoms with Crippen molar-refractivity contribution in [1.82, 2.24) is 25.2 Å². The van der Waals surface area contributed by atoms with E-state index in [1.165, 1.54) is 28.8 Å². The number of amides is 2. The van der Waals surface area contributed by atoms with E-state index in [9.17, 15) is 9.59 Å². The third kappa shape index (κ3) is 5.91. The number of hydrogen-bond donors (Lipinski definition) is 1. The zero-order chi connectivity index (χ0) is 27.2. The van der Waals surface area contributed by atoms with Crippen LogP contribution in [0.5, 0.6) is 5.75 Å². The molecule has 10 heteroatoms. The van der Waals surface area contributed by atoms with Gasteiger partial charge in [0, 0.05) is 24.3 Å². The van der Waals surface area contributed by atoms with Crippen LogP contribution in [-0.2, 0) is 27.4 Å². The molecule has 2 heterocycles. The fourth-order valence-electron chi connectivity index (χ4n) is 4.86. The summed E-state index contributed by atoms with van der Waals surface area (Å²) in [5, 5.41) is 11.2. The molecule has 2 amide bonds. The molecule has 1 aromatic heterocycles. The van der Waals surface area contributed by atoms with Gasteiger partial charge in [-0.05, 0) is 37.1 Å². The van der Waals surface area contributed by atoms with Crippen molar-refractivity contribution in [2.75, 3.05) is 20.3 Å². The largest absolute Gasteiger partial charge is 0.496 e. The number of ether oxygens (including phenoxy) is 2. The Morgan fingerprint density at radius 1 is 1.13 bits per heavy atom. The maximum Gasteiger partial charge on any atom is 0.247 e. The van der Waals surface area contributed by atoms with Crippen molar-refractivity contribution in [1.29, 1.82) is 0 Å². The number of carbonyl (C=O) groups excluding carboxylic acids is 2. The van der Waals surface area contributed by atoms with Crippen molar-refractivity contribution in [2.24, 2.45) is 0 Å². The van der Waals surface area contributed by atoms with Gasteiger partial charge in [0.1, 0.15) is 29.7 Å². The van der Waals surface area contributed by atoms with Crippen molar-refractivity contribution >= 4 is 22.8 Å².